The maximum atomic E-state index is 13.5. The van der Waals surface area contributed by atoms with Crippen LogP contribution in [0.5, 0.6) is 0 Å². The Labute approximate surface area is 118 Å². The van der Waals surface area contributed by atoms with Gasteiger partial charge in [0.15, 0.2) is 5.82 Å². The van der Waals surface area contributed by atoms with Gasteiger partial charge in [-0.15, -0.1) is 11.3 Å². The van der Waals surface area contributed by atoms with Crippen molar-refractivity contribution >= 4 is 33.8 Å². The van der Waals surface area contributed by atoms with Crippen LogP contribution in [0.2, 0.25) is 5.15 Å². The van der Waals surface area contributed by atoms with E-state index in [1.54, 1.807) is 11.7 Å². The summed E-state index contributed by atoms with van der Waals surface area (Å²) in [6.07, 6.45) is 2.38. The zero-order valence-electron chi connectivity index (χ0n) is 10.0. The van der Waals surface area contributed by atoms with E-state index in [1.807, 2.05) is 6.92 Å². The van der Waals surface area contributed by atoms with Gasteiger partial charge < -0.3 is 0 Å². The second-order valence-corrected chi connectivity index (χ2v) is 5.26. The lowest BCUT2D eigenvalue weighted by atomic mass is 10.1. The number of fused-ring (bicyclic) bond motifs is 1. The van der Waals surface area contributed by atoms with Crippen molar-refractivity contribution in [2.24, 2.45) is 0 Å². The number of aryl methyl sites for hydroxylation is 1. The topological polar surface area (TPSA) is 38.7 Å². The molecule has 1 aromatic carbocycles. The lowest BCUT2D eigenvalue weighted by Gasteiger charge is -2.07. The SMILES string of the molecule is CCc1cc(F)cc2c(Cl)nc(-c3cncs3)nc12. The highest BCUT2D eigenvalue weighted by Gasteiger charge is 2.13. The molecule has 2 aromatic heterocycles. The third-order valence-electron chi connectivity index (χ3n) is 2.83. The van der Waals surface area contributed by atoms with Gasteiger partial charge in [0.25, 0.3) is 0 Å². The fourth-order valence-electron chi connectivity index (χ4n) is 1.93. The Bertz CT molecular complexity index is 743. The first-order valence-electron chi connectivity index (χ1n) is 5.73. The summed E-state index contributed by atoms with van der Waals surface area (Å²) < 4.78 is 13.5. The number of aromatic nitrogens is 3. The summed E-state index contributed by atoms with van der Waals surface area (Å²) in [6, 6.07) is 2.86. The van der Waals surface area contributed by atoms with Crippen LogP contribution in [0.4, 0.5) is 4.39 Å². The van der Waals surface area contributed by atoms with E-state index in [2.05, 4.69) is 15.0 Å². The molecule has 96 valence electrons. The van der Waals surface area contributed by atoms with Crippen LogP contribution in [-0.2, 0) is 6.42 Å². The molecule has 0 atom stereocenters. The molecule has 0 bridgehead atoms. The quantitative estimate of drug-likeness (QED) is 0.668. The maximum Gasteiger partial charge on any atom is 0.173 e. The molecule has 0 fully saturated rings. The highest BCUT2D eigenvalue weighted by atomic mass is 35.5. The van der Waals surface area contributed by atoms with Gasteiger partial charge >= 0.3 is 0 Å². The number of thiazole rings is 1. The summed E-state index contributed by atoms with van der Waals surface area (Å²) in [5.41, 5.74) is 3.24. The summed E-state index contributed by atoms with van der Waals surface area (Å²) in [6.45, 7) is 1.95. The third-order valence-corrected chi connectivity index (χ3v) is 3.89. The average Bonchev–Trinajstić information content (AvgIpc) is 2.92. The maximum absolute atomic E-state index is 13.5. The monoisotopic (exact) mass is 293 g/mol. The molecule has 0 N–H and O–H groups in total. The first kappa shape index (κ1) is 12.4. The van der Waals surface area contributed by atoms with Gasteiger partial charge in [-0.2, -0.15) is 0 Å². The van der Waals surface area contributed by atoms with Crippen molar-refractivity contribution in [3.05, 3.63) is 40.4 Å². The van der Waals surface area contributed by atoms with E-state index in [9.17, 15) is 4.39 Å². The van der Waals surface area contributed by atoms with Gasteiger partial charge in [0.1, 0.15) is 11.0 Å². The summed E-state index contributed by atoms with van der Waals surface area (Å²) in [4.78, 5) is 13.6. The summed E-state index contributed by atoms with van der Waals surface area (Å²) >= 11 is 7.59. The van der Waals surface area contributed by atoms with Crippen molar-refractivity contribution < 1.29 is 4.39 Å². The van der Waals surface area contributed by atoms with Crippen molar-refractivity contribution in [1.29, 1.82) is 0 Å². The summed E-state index contributed by atoms with van der Waals surface area (Å²) in [5.74, 6) is 0.210. The van der Waals surface area contributed by atoms with Gasteiger partial charge in [-0.25, -0.2) is 14.4 Å². The van der Waals surface area contributed by atoms with Crippen LogP contribution in [0.1, 0.15) is 12.5 Å². The van der Waals surface area contributed by atoms with E-state index in [-0.39, 0.29) is 11.0 Å². The van der Waals surface area contributed by atoms with Gasteiger partial charge in [-0.05, 0) is 24.1 Å². The molecular formula is C13H9ClFN3S. The predicted molar refractivity (Wildman–Crippen MR) is 75.0 cm³/mol. The van der Waals surface area contributed by atoms with E-state index >= 15 is 0 Å². The molecule has 0 saturated carbocycles. The molecule has 3 rings (SSSR count). The fourth-order valence-corrected chi connectivity index (χ4v) is 2.71. The smallest absolute Gasteiger partial charge is 0.173 e. The van der Waals surface area contributed by atoms with Gasteiger partial charge in [-0.1, -0.05) is 18.5 Å². The molecule has 0 aliphatic carbocycles. The van der Waals surface area contributed by atoms with Gasteiger partial charge in [0.05, 0.1) is 15.9 Å². The van der Waals surface area contributed by atoms with Crippen LogP contribution in [0.3, 0.4) is 0 Å². The minimum Gasteiger partial charge on any atom is -0.252 e. The standard InChI is InChI=1S/C13H9ClFN3S/c1-2-7-3-8(15)4-9-11(7)17-13(18-12(9)14)10-5-16-6-19-10/h3-6H,2H2,1H3. The fraction of sp³-hybridized carbons (Fsp3) is 0.154. The third kappa shape index (κ3) is 2.19. The van der Waals surface area contributed by atoms with Crippen molar-refractivity contribution in [2.75, 3.05) is 0 Å². The number of hydrogen-bond acceptors (Lipinski definition) is 4. The van der Waals surface area contributed by atoms with Crippen molar-refractivity contribution in [3.63, 3.8) is 0 Å². The van der Waals surface area contributed by atoms with Crippen LogP contribution in [0.25, 0.3) is 21.6 Å². The van der Waals surface area contributed by atoms with E-state index < -0.39 is 0 Å². The Morgan fingerprint density at radius 1 is 1.32 bits per heavy atom. The summed E-state index contributed by atoms with van der Waals surface area (Å²) in [7, 11) is 0. The van der Waals surface area contributed by atoms with E-state index in [0.29, 0.717) is 23.1 Å². The second kappa shape index (κ2) is 4.83. The first-order chi connectivity index (χ1) is 9.19. The first-order valence-corrected chi connectivity index (χ1v) is 6.99. The highest BCUT2D eigenvalue weighted by Crippen LogP contribution is 2.29. The van der Waals surface area contributed by atoms with Gasteiger partial charge in [0.2, 0.25) is 0 Å². The molecule has 3 aromatic rings. The van der Waals surface area contributed by atoms with Crippen molar-refractivity contribution in [3.8, 4) is 10.7 Å². The zero-order valence-corrected chi connectivity index (χ0v) is 11.6. The summed E-state index contributed by atoms with van der Waals surface area (Å²) in [5, 5.41) is 0.814. The zero-order chi connectivity index (χ0) is 13.4. The number of benzene rings is 1. The van der Waals surface area contributed by atoms with Crippen LogP contribution in [0, 0.1) is 5.82 Å². The largest absolute Gasteiger partial charge is 0.252 e. The molecular weight excluding hydrogens is 285 g/mol. The molecule has 6 heteroatoms. The van der Waals surface area contributed by atoms with Crippen molar-refractivity contribution in [2.45, 2.75) is 13.3 Å². The molecule has 0 unspecified atom stereocenters. The Morgan fingerprint density at radius 2 is 2.16 bits per heavy atom. The van der Waals surface area contributed by atoms with E-state index in [4.69, 9.17) is 11.6 Å². The Kier molecular flexibility index (Phi) is 3.16. The van der Waals surface area contributed by atoms with Crippen LogP contribution >= 0.6 is 22.9 Å². The number of hydrogen-bond donors (Lipinski definition) is 0. The highest BCUT2D eigenvalue weighted by molar-refractivity contribution is 7.13. The molecule has 19 heavy (non-hydrogen) atoms. The number of rotatable bonds is 2. The Balaban J connectivity index is 2.33. The van der Waals surface area contributed by atoms with Crippen LogP contribution in [-0.4, -0.2) is 15.0 Å². The second-order valence-electron chi connectivity index (χ2n) is 4.02. The van der Waals surface area contributed by atoms with E-state index in [1.165, 1.54) is 23.5 Å². The normalized spacial score (nSPS) is 11.1. The molecule has 0 spiro atoms. The predicted octanol–water partition coefficient (Wildman–Crippen LogP) is 4.11. The van der Waals surface area contributed by atoms with Crippen molar-refractivity contribution in [1.82, 2.24) is 15.0 Å². The van der Waals surface area contributed by atoms with Crippen LogP contribution < -0.4 is 0 Å². The number of halogens is 2. The molecule has 3 nitrogen and oxygen atoms in total. The Hall–Kier alpha value is -1.59. The van der Waals surface area contributed by atoms with E-state index in [0.717, 1.165) is 10.4 Å². The van der Waals surface area contributed by atoms with Gasteiger partial charge in [-0.3, -0.25) is 4.98 Å². The molecule has 0 radical (unpaired) electrons. The van der Waals surface area contributed by atoms with Gasteiger partial charge in [0, 0.05) is 11.6 Å². The molecule has 2 heterocycles. The molecule has 0 aliphatic heterocycles. The minimum absolute atomic E-state index is 0.266. The van der Waals surface area contributed by atoms with Crippen LogP contribution in [0.15, 0.2) is 23.8 Å². The molecule has 0 aliphatic rings. The number of nitrogens with zero attached hydrogens (tertiary/aromatic N) is 3. The molecule has 0 saturated heterocycles. The lowest BCUT2D eigenvalue weighted by molar-refractivity contribution is 0.627. The lowest BCUT2D eigenvalue weighted by Crippen LogP contribution is -1.95. The molecule has 0 amide bonds. The average molecular weight is 294 g/mol. The Morgan fingerprint density at radius 3 is 2.84 bits per heavy atom. The minimum atomic E-state index is -0.319.